The van der Waals surface area contributed by atoms with Crippen LogP contribution >= 0.6 is 0 Å². The smallest absolute Gasteiger partial charge is 0.744 e. The first-order valence-corrected chi connectivity index (χ1v) is 32.0. The maximum Gasteiger partial charge on any atom is 2.00 e. The van der Waals surface area contributed by atoms with Gasteiger partial charge in [0.05, 0.1) is 9.79 Å². The van der Waals surface area contributed by atoms with Crippen LogP contribution in [-0.2, 0) is 45.9 Å². The first-order chi connectivity index (χ1) is 33.0. The van der Waals surface area contributed by atoms with Crippen LogP contribution < -0.4 is 0 Å². The van der Waals surface area contributed by atoms with E-state index in [2.05, 4.69) is 27.7 Å². The molecule has 0 saturated carbocycles. The Hall–Kier alpha value is -0.169. The maximum atomic E-state index is 11.9. The molecular formula is C60H106BaO6S2. The van der Waals surface area contributed by atoms with Gasteiger partial charge < -0.3 is 9.11 Å². The van der Waals surface area contributed by atoms with E-state index in [-0.39, 0.29) is 58.7 Å². The van der Waals surface area contributed by atoms with Crippen molar-refractivity contribution in [3.05, 3.63) is 58.7 Å². The van der Waals surface area contributed by atoms with Gasteiger partial charge in [-0.1, -0.05) is 283 Å². The van der Waals surface area contributed by atoms with Crippen LogP contribution in [0.4, 0.5) is 0 Å². The van der Waals surface area contributed by atoms with E-state index in [0.717, 1.165) is 73.6 Å². The van der Waals surface area contributed by atoms with E-state index in [4.69, 9.17) is 0 Å². The van der Waals surface area contributed by atoms with Crippen LogP contribution in [-0.4, -0.2) is 74.8 Å². The molecule has 0 aliphatic carbocycles. The van der Waals surface area contributed by atoms with Gasteiger partial charge >= 0.3 is 48.9 Å². The fraction of sp³-hybridized carbons (Fsp3) is 0.800. The van der Waals surface area contributed by atoms with Crippen molar-refractivity contribution < 1.29 is 25.9 Å². The summed E-state index contributed by atoms with van der Waals surface area (Å²) in [5.74, 6) is 0. The van der Waals surface area contributed by atoms with Crippen LogP contribution in [0.3, 0.4) is 0 Å². The number of hydrogen-bond donors (Lipinski definition) is 0. The van der Waals surface area contributed by atoms with Crippen LogP contribution in [0.15, 0.2) is 46.2 Å². The Morgan fingerprint density at radius 3 is 0.681 bits per heavy atom. The minimum atomic E-state index is -4.42. The summed E-state index contributed by atoms with van der Waals surface area (Å²) in [6.07, 6.45) is 54.0. The second kappa shape index (κ2) is 47.5. The van der Waals surface area contributed by atoms with Gasteiger partial charge in [0.15, 0.2) is 0 Å². The second-order valence-electron chi connectivity index (χ2n) is 20.4. The normalized spacial score (nSPS) is 11.7. The van der Waals surface area contributed by atoms with Gasteiger partial charge in [0.1, 0.15) is 20.2 Å². The summed E-state index contributed by atoms with van der Waals surface area (Å²) in [4.78, 5) is 0.0426. The van der Waals surface area contributed by atoms with Crippen molar-refractivity contribution in [1.82, 2.24) is 0 Å². The zero-order valence-electron chi connectivity index (χ0n) is 45.5. The molecule has 69 heavy (non-hydrogen) atoms. The average Bonchev–Trinajstić information content (AvgIpc) is 3.31. The zero-order valence-corrected chi connectivity index (χ0v) is 51.6. The predicted molar refractivity (Wildman–Crippen MR) is 297 cm³/mol. The Labute approximate surface area is 469 Å². The summed E-state index contributed by atoms with van der Waals surface area (Å²) in [6, 6.07) is 10.6. The summed E-state index contributed by atoms with van der Waals surface area (Å²) >= 11 is 0. The molecule has 2 rings (SSSR count). The Morgan fingerprint density at radius 1 is 0.290 bits per heavy atom. The molecule has 0 N–H and O–H groups in total. The molecule has 0 aromatic heterocycles. The molecular weight excluding hydrogens is 1020 g/mol. The van der Waals surface area contributed by atoms with Crippen molar-refractivity contribution in [1.29, 1.82) is 0 Å². The molecule has 396 valence electrons. The average molecular weight is 1120 g/mol. The van der Waals surface area contributed by atoms with Crippen molar-refractivity contribution in [3.8, 4) is 0 Å². The van der Waals surface area contributed by atoms with Crippen molar-refractivity contribution in [2.45, 2.75) is 320 Å². The van der Waals surface area contributed by atoms with E-state index in [0.29, 0.717) is 12.8 Å². The van der Waals surface area contributed by atoms with Gasteiger partial charge in [-0.05, 0) is 85.8 Å². The third kappa shape index (κ3) is 38.1. The number of aryl methyl sites for hydroxylation is 2. The minimum absolute atomic E-state index is 0. The van der Waals surface area contributed by atoms with Crippen molar-refractivity contribution in [2.24, 2.45) is 0 Å². The molecule has 6 nitrogen and oxygen atoms in total. The SMILES string of the molecule is CCCCCCCCCCCCc1cccc(S(=O)(=O)[O-])c1CCCCCCCCCCCC.CCCCCCCCCCCCc1cccc(S(=O)(=O)[O-])c1CCCCCCCCCCCC.[Ba+2]. The van der Waals surface area contributed by atoms with E-state index in [1.807, 2.05) is 12.1 Å². The molecule has 0 aliphatic heterocycles. The summed E-state index contributed by atoms with van der Waals surface area (Å²) in [5, 5.41) is 0. The van der Waals surface area contributed by atoms with Gasteiger partial charge in [-0.3, -0.25) is 0 Å². The number of hydrogen-bond acceptors (Lipinski definition) is 6. The first kappa shape index (κ1) is 68.8. The summed E-state index contributed by atoms with van der Waals surface area (Å²) in [5.41, 5.74) is 3.75. The quantitative estimate of drug-likeness (QED) is 0.0371. The van der Waals surface area contributed by atoms with Crippen molar-refractivity contribution >= 4 is 69.1 Å². The van der Waals surface area contributed by atoms with Crippen molar-refractivity contribution in [2.75, 3.05) is 0 Å². The fourth-order valence-electron chi connectivity index (χ4n) is 9.91. The Balaban J connectivity index is 0.00000132. The minimum Gasteiger partial charge on any atom is -0.744 e. The van der Waals surface area contributed by atoms with Gasteiger partial charge in [-0.15, -0.1) is 0 Å². The molecule has 0 atom stereocenters. The number of unbranched alkanes of at least 4 members (excludes halogenated alkanes) is 36. The van der Waals surface area contributed by atoms with Gasteiger partial charge in [0.25, 0.3) is 0 Å². The monoisotopic (exact) mass is 1120 g/mol. The number of benzene rings is 2. The second-order valence-corrected chi connectivity index (χ2v) is 23.1. The molecule has 0 spiro atoms. The van der Waals surface area contributed by atoms with E-state index < -0.39 is 20.2 Å². The largest absolute Gasteiger partial charge is 2.00 e. The Morgan fingerprint density at radius 2 is 0.478 bits per heavy atom. The summed E-state index contributed by atoms with van der Waals surface area (Å²) in [6.45, 7) is 9.01. The first-order valence-electron chi connectivity index (χ1n) is 29.1. The molecule has 9 heteroatoms. The van der Waals surface area contributed by atoms with E-state index in [1.165, 1.54) is 230 Å². The van der Waals surface area contributed by atoms with E-state index in [1.54, 1.807) is 12.1 Å². The standard InChI is InChI=1S/2C30H54O3S.Ba/c2*1-3-5-7-9-11-13-15-17-19-21-24-28-25-23-27-30(34(31,32)33)29(28)26-22-20-18-16-14-12-10-8-6-4-2;/h2*23,25,27H,3-22,24,26H2,1-2H3,(H,31,32,33);/q;;+2/p-2. The van der Waals surface area contributed by atoms with E-state index >= 15 is 0 Å². The molecule has 2 aromatic rings. The molecule has 0 saturated heterocycles. The summed E-state index contributed by atoms with van der Waals surface area (Å²) in [7, 11) is -8.84. The molecule has 0 amide bonds. The van der Waals surface area contributed by atoms with Crippen LogP contribution in [0.1, 0.15) is 307 Å². The van der Waals surface area contributed by atoms with Gasteiger partial charge in [-0.25, -0.2) is 16.8 Å². The van der Waals surface area contributed by atoms with Gasteiger partial charge in [-0.2, -0.15) is 0 Å². The summed E-state index contributed by atoms with van der Waals surface area (Å²) < 4.78 is 71.2. The Kier molecular flexibility index (Phi) is 47.4. The zero-order chi connectivity index (χ0) is 49.8. The molecule has 0 fully saturated rings. The molecule has 2 aromatic carbocycles. The number of rotatable bonds is 46. The Bertz CT molecular complexity index is 1550. The third-order valence-electron chi connectivity index (χ3n) is 14.2. The third-order valence-corrected chi connectivity index (χ3v) is 16.0. The van der Waals surface area contributed by atoms with Crippen molar-refractivity contribution in [3.63, 3.8) is 0 Å². The molecule has 0 aliphatic rings. The van der Waals surface area contributed by atoms with Gasteiger partial charge in [0, 0.05) is 0 Å². The molecule has 0 bridgehead atoms. The van der Waals surface area contributed by atoms with Gasteiger partial charge in [0.2, 0.25) is 0 Å². The van der Waals surface area contributed by atoms with E-state index in [9.17, 15) is 25.9 Å². The van der Waals surface area contributed by atoms with Crippen LogP contribution in [0.5, 0.6) is 0 Å². The molecule has 0 radical (unpaired) electrons. The van der Waals surface area contributed by atoms with Crippen LogP contribution in [0.2, 0.25) is 0 Å². The maximum absolute atomic E-state index is 11.9. The predicted octanol–water partition coefficient (Wildman–Crippen LogP) is 18.7. The van der Waals surface area contributed by atoms with Crippen LogP contribution in [0, 0.1) is 0 Å². The topological polar surface area (TPSA) is 114 Å². The van der Waals surface area contributed by atoms with Crippen LogP contribution in [0.25, 0.3) is 0 Å². The molecule has 0 heterocycles. The fourth-order valence-corrected chi connectivity index (χ4v) is 11.5. The molecule has 0 unspecified atom stereocenters.